The van der Waals surface area contributed by atoms with Crippen LogP contribution in [0.4, 0.5) is 22.9 Å². The van der Waals surface area contributed by atoms with E-state index in [1.807, 2.05) is 16.9 Å². The van der Waals surface area contributed by atoms with Crippen LogP contribution in [0.25, 0.3) is 0 Å². The van der Waals surface area contributed by atoms with Gasteiger partial charge in [0.15, 0.2) is 0 Å². The summed E-state index contributed by atoms with van der Waals surface area (Å²) in [5.41, 5.74) is 6.01. The Bertz CT molecular complexity index is 1120. The van der Waals surface area contributed by atoms with Crippen LogP contribution in [0.5, 0.6) is 0 Å². The molecule has 0 spiro atoms. The van der Waals surface area contributed by atoms with Gasteiger partial charge in [-0.15, -0.1) is 0 Å². The Morgan fingerprint density at radius 2 is 1.94 bits per heavy atom. The van der Waals surface area contributed by atoms with Gasteiger partial charge in [-0.1, -0.05) is 23.7 Å². The molecule has 3 N–H and O–H groups in total. The standard InChI is InChI=1S/C22H26ClN7O2/c1-14(2)29-8-9-30-20(13-29)19(12-25-30)27-21-10-18(16(23)11-24-21)26-17-7-5-4-6-15(17)22(31)28-32-3/h4-7,10-12,14H,8-9,13H2,1-3H3,(H,28,31)(H2,24,26,27). The summed E-state index contributed by atoms with van der Waals surface area (Å²) in [6, 6.07) is 9.38. The van der Waals surface area contributed by atoms with Gasteiger partial charge in [-0.05, 0) is 26.0 Å². The van der Waals surface area contributed by atoms with E-state index in [0.717, 1.165) is 31.0 Å². The first-order valence-electron chi connectivity index (χ1n) is 10.4. The lowest BCUT2D eigenvalue weighted by atomic mass is 10.1. The molecule has 0 bridgehead atoms. The van der Waals surface area contributed by atoms with E-state index in [2.05, 4.69) is 44.9 Å². The highest BCUT2D eigenvalue weighted by molar-refractivity contribution is 6.33. The molecule has 0 aliphatic carbocycles. The van der Waals surface area contributed by atoms with Crippen molar-refractivity contribution in [2.24, 2.45) is 0 Å². The number of hydroxylamine groups is 1. The predicted octanol–water partition coefficient (Wildman–Crippen LogP) is 3.93. The summed E-state index contributed by atoms with van der Waals surface area (Å²) in [6.07, 6.45) is 3.40. The van der Waals surface area contributed by atoms with Crippen LogP contribution in [0, 0.1) is 0 Å². The van der Waals surface area contributed by atoms with Crippen LogP contribution in [0.3, 0.4) is 0 Å². The normalized spacial score (nSPS) is 13.7. The Balaban J connectivity index is 1.57. The van der Waals surface area contributed by atoms with Gasteiger partial charge in [0.05, 0.1) is 59.4 Å². The third-order valence-electron chi connectivity index (χ3n) is 5.38. The Morgan fingerprint density at radius 3 is 2.72 bits per heavy atom. The zero-order valence-corrected chi connectivity index (χ0v) is 19.0. The number of para-hydroxylation sites is 1. The van der Waals surface area contributed by atoms with Crippen LogP contribution in [-0.4, -0.2) is 45.3 Å². The Labute approximate surface area is 191 Å². The number of rotatable bonds is 7. The molecule has 0 saturated carbocycles. The van der Waals surface area contributed by atoms with Crippen molar-refractivity contribution in [2.75, 3.05) is 24.3 Å². The Morgan fingerprint density at radius 1 is 1.12 bits per heavy atom. The molecule has 0 radical (unpaired) electrons. The average molecular weight is 456 g/mol. The van der Waals surface area contributed by atoms with E-state index in [1.165, 1.54) is 7.11 Å². The minimum atomic E-state index is -0.361. The van der Waals surface area contributed by atoms with Crippen LogP contribution >= 0.6 is 11.6 Å². The summed E-state index contributed by atoms with van der Waals surface area (Å²) in [6.45, 7) is 7.05. The molecule has 0 atom stereocenters. The van der Waals surface area contributed by atoms with Crippen LogP contribution in [0.15, 0.2) is 42.7 Å². The fourth-order valence-corrected chi connectivity index (χ4v) is 3.78. The Hall–Kier alpha value is -3.14. The highest BCUT2D eigenvalue weighted by Gasteiger charge is 2.22. The molecule has 168 valence electrons. The molecule has 1 amide bonds. The lowest BCUT2D eigenvalue weighted by molar-refractivity contribution is 0.0538. The van der Waals surface area contributed by atoms with Gasteiger partial charge < -0.3 is 10.6 Å². The number of carbonyl (C=O) groups excluding carboxylic acids is 1. The molecule has 32 heavy (non-hydrogen) atoms. The van der Waals surface area contributed by atoms with Gasteiger partial charge in [-0.2, -0.15) is 5.10 Å². The molecule has 9 nitrogen and oxygen atoms in total. The number of halogens is 1. The van der Waals surface area contributed by atoms with E-state index in [0.29, 0.717) is 33.8 Å². The zero-order chi connectivity index (χ0) is 22.7. The molecule has 2 aromatic heterocycles. The molecule has 1 aliphatic heterocycles. The molecular formula is C22H26ClN7O2. The van der Waals surface area contributed by atoms with Crippen molar-refractivity contribution in [1.82, 2.24) is 25.1 Å². The second kappa shape index (κ2) is 9.56. The lowest BCUT2D eigenvalue weighted by Gasteiger charge is -2.31. The number of fused-ring (bicyclic) bond motifs is 1. The first-order valence-corrected chi connectivity index (χ1v) is 10.7. The van der Waals surface area contributed by atoms with Crippen LogP contribution in [-0.2, 0) is 17.9 Å². The van der Waals surface area contributed by atoms with Crippen molar-refractivity contribution in [2.45, 2.75) is 33.0 Å². The summed E-state index contributed by atoms with van der Waals surface area (Å²) in [5, 5.41) is 11.5. The molecule has 0 saturated heterocycles. The number of carbonyl (C=O) groups is 1. The molecule has 0 fully saturated rings. The van der Waals surface area contributed by atoms with Gasteiger partial charge in [0, 0.05) is 25.2 Å². The predicted molar refractivity (Wildman–Crippen MR) is 125 cm³/mol. The van der Waals surface area contributed by atoms with Crippen LogP contribution < -0.4 is 16.1 Å². The van der Waals surface area contributed by atoms with Gasteiger partial charge >= 0.3 is 0 Å². The highest BCUT2D eigenvalue weighted by atomic mass is 35.5. The number of hydrogen-bond acceptors (Lipinski definition) is 7. The first-order chi connectivity index (χ1) is 15.5. The summed E-state index contributed by atoms with van der Waals surface area (Å²) in [5.74, 6) is 0.258. The molecule has 1 aliphatic rings. The maximum Gasteiger partial charge on any atom is 0.276 e. The monoisotopic (exact) mass is 455 g/mol. The van der Waals surface area contributed by atoms with Crippen molar-refractivity contribution >= 4 is 40.4 Å². The van der Waals surface area contributed by atoms with E-state index in [-0.39, 0.29) is 5.91 Å². The SMILES string of the molecule is CONC(=O)c1ccccc1Nc1cc(Nc2cnn3c2CN(C(C)C)CC3)ncc1Cl. The molecule has 3 aromatic rings. The zero-order valence-electron chi connectivity index (χ0n) is 18.2. The van der Waals surface area contributed by atoms with Crippen molar-refractivity contribution < 1.29 is 9.63 Å². The highest BCUT2D eigenvalue weighted by Crippen LogP contribution is 2.31. The number of hydrogen-bond donors (Lipinski definition) is 3. The van der Waals surface area contributed by atoms with Crippen LogP contribution in [0.2, 0.25) is 5.02 Å². The first kappa shape index (κ1) is 22.1. The third kappa shape index (κ3) is 4.69. The molecule has 0 unspecified atom stereocenters. The second-order valence-corrected chi connectivity index (χ2v) is 8.18. The number of amides is 1. The van der Waals surface area contributed by atoms with Crippen molar-refractivity contribution in [1.29, 1.82) is 0 Å². The molecule has 10 heteroatoms. The smallest absolute Gasteiger partial charge is 0.276 e. The van der Waals surface area contributed by atoms with Gasteiger partial charge in [0.1, 0.15) is 5.82 Å². The fourth-order valence-electron chi connectivity index (χ4n) is 3.63. The van der Waals surface area contributed by atoms with Gasteiger partial charge in [-0.3, -0.25) is 19.2 Å². The second-order valence-electron chi connectivity index (χ2n) is 7.77. The number of nitrogens with one attached hydrogen (secondary N) is 3. The maximum atomic E-state index is 12.3. The Kier molecular flexibility index (Phi) is 6.59. The van der Waals surface area contributed by atoms with E-state index in [1.54, 1.807) is 30.5 Å². The lowest BCUT2D eigenvalue weighted by Crippen LogP contribution is -2.38. The molecule has 3 heterocycles. The minimum Gasteiger partial charge on any atom is -0.353 e. The van der Waals surface area contributed by atoms with Gasteiger partial charge in [0.2, 0.25) is 0 Å². The minimum absolute atomic E-state index is 0.361. The van der Waals surface area contributed by atoms with Crippen LogP contribution in [0.1, 0.15) is 29.9 Å². The molecular weight excluding hydrogens is 430 g/mol. The number of pyridine rings is 1. The largest absolute Gasteiger partial charge is 0.353 e. The maximum absolute atomic E-state index is 12.3. The molecule has 4 rings (SSSR count). The van der Waals surface area contributed by atoms with Crippen molar-refractivity contribution in [3.05, 3.63) is 59.0 Å². The summed E-state index contributed by atoms with van der Waals surface area (Å²) in [7, 11) is 1.39. The number of nitrogens with zero attached hydrogens (tertiary/aromatic N) is 4. The number of aromatic nitrogens is 3. The number of anilines is 4. The van der Waals surface area contributed by atoms with Crippen molar-refractivity contribution in [3.8, 4) is 0 Å². The average Bonchev–Trinajstić information content (AvgIpc) is 3.18. The van der Waals surface area contributed by atoms with E-state index < -0.39 is 0 Å². The summed E-state index contributed by atoms with van der Waals surface area (Å²) >= 11 is 6.39. The summed E-state index contributed by atoms with van der Waals surface area (Å²) in [4.78, 5) is 23.9. The van der Waals surface area contributed by atoms with Crippen molar-refractivity contribution in [3.63, 3.8) is 0 Å². The van der Waals surface area contributed by atoms with E-state index in [9.17, 15) is 4.79 Å². The van der Waals surface area contributed by atoms with E-state index >= 15 is 0 Å². The fraction of sp³-hybridized carbons (Fsp3) is 0.318. The van der Waals surface area contributed by atoms with Gasteiger partial charge in [-0.25, -0.2) is 10.5 Å². The molecule has 1 aromatic carbocycles. The summed E-state index contributed by atoms with van der Waals surface area (Å²) < 4.78 is 2.03. The topological polar surface area (TPSA) is 96.3 Å². The quantitative estimate of drug-likeness (QED) is 0.464. The number of benzene rings is 1. The van der Waals surface area contributed by atoms with Gasteiger partial charge in [0.25, 0.3) is 5.91 Å². The van der Waals surface area contributed by atoms with E-state index in [4.69, 9.17) is 16.4 Å². The third-order valence-corrected chi connectivity index (χ3v) is 5.69.